The van der Waals surface area contributed by atoms with E-state index in [2.05, 4.69) is 15.9 Å². The highest BCUT2D eigenvalue weighted by Gasteiger charge is 2.30. The number of hydrogen-bond acceptors (Lipinski definition) is 6. The summed E-state index contributed by atoms with van der Waals surface area (Å²) in [6.07, 6.45) is -0.748. The molecule has 0 aliphatic carbocycles. The minimum Gasteiger partial charge on any atom is -0.496 e. The minimum atomic E-state index is -0.748. The molecular formula is C19H19BrN2O5. The fourth-order valence-electron chi connectivity index (χ4n) is 3.63. The zero-order valence-electron chi connectivity index (χ0n) is 14.9. The van der Waals surface area contributed by atoms with E-state index in [-0.39, 0.29) is 0 Å². The van der Waals surface area contributed by atoms with Crippen molar-refractivity contribution in [1.82, 2.24) is 9.47 Å². The van der Waals surface area contributed by atoms with Crippen LogP contribution in [0.1, 0.15) is 17.2 Å². The van der Waals surface area contributed by atoms with Gasteiger partial charge in [-0.2, -0.15) is 0 Å². The summed E-state index contributed by atoms with van der Waals surface area (Å²) in [5, 5.41) is 10.7. The number of fused-ring (bicyclic) bond motifs is 2. The van der Waals surface area contributed by atoms with Crippen molar-refractivity contribution in [3.63, 3.8) is 0 Å². The third-order valence-corrected chi connectivity index (χ3v) is 5.32. The van der Waals surface area contributed by atoms with Crippen LogP contribution < -0.4 is 15.2 Å². The van der Waals surface area contributed by atoms with Gasteiger partial charge in [0.05, 0.1) is 32.5 Å². The number of aliphatic hydroxyl groups excluding tert-OH is 1. The second-order valence-corrected chi connectivity index (χ2v) is 7.35. The molecule has 0 saturated carbocycles. The number of rotatable bonds is 4. The molecule has 1 aromatic heterocycles. The topological polar surface area (TPSA) is 77.1 Å². The average Bonchev–Trinajstić information content (AvgIpc) is 2.95. The lowest BCUT2D eigenvalue weighted by Gasteiger charge is -2.33. The summed E-state index contributed by atoms with van der Waals surface area (Å²) in [6, 6.07) is 9.08. The van der Waals surface area contributed by atoms with Crippen LogP contribution >= 0.6 is 15.9 Å². The van der Waals surface area contributed by atoms with E-state index in [9.17, 15) is 9.90 Å². The van der Waals surface area contributed by atoms with Gasteiger partial charge in [0.15, 0.2) is 5.58 Å². The molecule has 0 bridgehead atoms. The first kappa shape index (κ1) is 18.1. The molecule has 1 aliphatic rings. The van der Waals surface area contributed by atoms with E-state index in [1.807, 2.05) is 23.1 Å². The molecule has 1 atom stereocenters. The maximum absolute atomic E-state index is 12.3. The third kappa shape index (κ3) is 3.13. The lowest BCUT2D eigenvalue weighted by atomic mass is 9.95. The standard InChI is InChI=1S/C19H19BrN2O5/c1-25-15-5-6-16(26-2)18-12(15)8-21(9-14(18)23)10-22-13-4-3-11(20)7-17(13)27-19(22)24/h3-7,14,23H,8-10H2,1-2H3. The molecule has 0 radical (unpaired) electrons. The quantitative estimate of drug-likeness (QED) is 0.680. The van der Waals surface area contributed by atoms with Gasteiger partial charge in [-0.3, -0.25) is 9.47 Å². The first-order chi connectivity index (χ1) is 13.0. The molecule has 7 nitrogen and oxygen atoms in total. The Morgan fingerprint density at radius 1 is 1.22 bits per heavy atom. The number of benzene rings is 2. The molecule has 0 spiro atoms. The monoisotopic (exact) mass is 434 g/mol. The van der Waals surface area contributed by atoms with E-state index in [1.54, 1.807) is 30.9 Å². The van der Waals surface area contributed by atoms with E-state index < -0.39 is 11.9 Å². The summed E-state index contributed by atoms with van der Waals surface area (Å²) in [6.45, 7) is 1.18. The molecule has 3 aromatic rings. The molecular weight excluding hydrogens is 416 g/mol. The van der Waals surface area contributed by atoms with Crippen LogP contribution in [-0.2, 0) is 13.2 Å². The first-order valence-corrected chi connectivity index (χ1v) is 9.24. The second kappa shape index (κ2) is 7.03. The van der Waals surface area contributed by atoms with Gasteiger partial charge in [-0.15, -0.1) is 0 Å². The molecule has 1 N–H and O–H groups in total. The Morgan fingerprint density at radius 3 is 2.70 bits per heavy atom. The Morgan fingerprint density at radius 2 is 1.96 bits per heavy atom. The predicted octanol–water partition coefficient (Wildman–Crippen LogP) is 2.88. The van der Waals surface area contributed by atoms with Crippen LogP contribution in [0.5, 0.6) is 11.5 Å². The Bertz CT molecular complexity index is 1060. The summed E-state index contributed by atoms with van der Waals surface area (Å²) in [4.78, 5) is 14.3. The van der Waals surface area contributed by atoms with Crippen LogP contribution in [0, 0.1) is 0 Å². The van der Waals surface area contributed by atoms with Crippen LogP contribution in [0.25, 0.3) is 11.1 Å². The summed E-state index contributed by atoms with van der Waals surface area (Å²) in [5.41, 5.74) is 2.83. The van der Waals surface area contributed by atoms with E-state index in [0.717, 1.165) is 15.6 Å². The van der Waals surface area contributed by atoms with Gasteiger partial charge in [-0.25, -0.2) is 4.79 Å². The minimum absolute atomic E-state index is 0.296. The Kier molecular flexibility index (Phi) is 4.71. The zero-order valence-corrected chi connectivity index (χ0v) is 16.5. The molecule has 0 fully saturated rings. The van der Waals surface area contributed by atoms with Crippen molar-refractivity contribution < 1.29 is 19.0 Å². The van der Waals surface area contributed by atoms with Crippen molar-refractivity contribution >= 4 is 27.0 Å². The smallest absolute Gasteiger partial charge is 0.421 e. The summed E-state index contributed by atoms with van der Waals surface area (Å²) in [5.74, 6) is 0.887. The molecule has 2 aromatic carbocycles. The van der Waals surface area contributed by atoms with Crippen LogP contribution in [0.3, 0.4) is 0 Å². The molecule has 0 amide bonds. The number of methoxy groups -OCH3 is 2. The second-order valence-electron chi connectivity index (χ2n) is 6.44. The first-order valence-electron chi connectivity index (χ1n) is 8.45. The molecule has 0 saturated heterocycles. The van der Waals surface area contributed by atoms with Gasteiger partial charge in [-0.1, -0.05) is 15.9 Å². The molecule has 1 aliphatic heterocycles. The number of ether oxygens (including phenoxy) is 2. The van der Waals surface area contributed by atoms with Crippen LogP contribution in [0.4, 0.5) is 0 Å². The number of hydrogen-bond donors (Lipinski definition) is 1. The zero-order chi connectivity index (χ0) is 19.1. The fraction of sp³-hybridized carbons (Fsp3) is 0.316. The van der Waals surface area contributed by atoms with Gasteiger partial charge >= 0.3 is 5.76 Å². The number of aliphatic hydroxyl groups is 1. The Hall–Kier alpha value is -2.29. The maximum Gasteiger partial charge on any atom is 0.421 e. The highest BCUT2D eigenvalue weighted by Crippen LogP contribution is 2.39. The van der Waals surface area contributed by atoms with E-state index in [1.165, 1.54) is 0 Å². The predicted molar refractivity (Wildman–Crippen MR) is 103 cm³/mol. The van der Waals surface area contributed by atoms with Gasteiger partial charge < -0.3 is 19.0 Å². The van der Waals surface area contributed by atoms with Crippen molar-refractivity contribution in [3.05, 3.63) is 56.5 Å². The number of oxazole rings is 1. The Balaban J connectivity index is 1.71. The van der Waals surface area contributed by atoms with Crippen LogP contribution in [0.2, 0.25) is 0 Å². The molecule has 142 valence electrons. The lowest BCUT2D eigenvalue weighted by molar-refractivity contribution is 0.0697. The molecule has 27 heavy (non-hydrogen) atoms. The van der Waals surface area contributed by atoms with E-state index >= 15 is 0 Å². The van der Waals surface area contributed by atoms with Gasteiger partial charge in [0.1, 0.15) is 11.5 Å². The van der Waals surface area contributed by atoms with Crippen LogP contribution in [0.15, 0.2) is 44.0 Å². The third-order valence-electron chi connectivity index (χ3n) is 4.83. The molecule has 4 rings (SSSR count). The van der Waals surface area contributed by atoms with Crippen molar-refractivity contribution in [3.8, 4) is 11.5 Å². The van der Waals surface area contributed by atoms with Crippen molar-refractivity contribution in [2.24, 2.45) is 0 Å². The lowest BCUT2D eigenvalue weighted by Crippen LogP contribution is -2.37. The normalized spacial score (nSPS) is 17.1. The van der Waals surface area contributed by atoms with E-state index in [4.69, 9.17) is 13.9 Å². The van der Waals surface area contributed by atoms with Crippen LogP contribution in [-0.4, -0.2) is 35.3 Å². The van der Waals surface area contributed by atoms with E-state index in [0.29, 0.717) is 42.4 Å². The summed E-state index contributed by atoms with van der Waals surface area (Å²) < 4.78 is 18.6. The van der Waals surface area contributed by atoms with Crippen molar-refractivity contribution in [1.29, 1.82) is 0 Å². The molecule has 8 heteroatoms. The Labute approximate surface area is 163 Å². The van der Waals surface area contributed by atoms with Crippen molar-refractivity contribution in [2.75, 3.05) is 20.8 Å². The van der Waals surface area contributed by atoms with Gasteiger partial charge in [0.2, 0.25) is 0 Å². The number of halogens is 1. The molecule has 2 heterocycles. The number of β-amino-alcohol motifs (C(OH)–C–C–N with tert-alkyl or cyclic N) is 1. The van der Waals surface area contributed by atoms with Crippen molar-refractivity contribution in [2.45, 2.75) is 19.3 Å². The number of nitrogens with zero attached hydrogens (tertiary/aromatic N) is 2. The van der Waals surface area contributed by atoms with Gasteiger partial charge in [-0.05, 0) is 30.3 Å². The maximum atomic E-state index is 12.3. The van der Waals surface area contributed by atoms with Gasteiger partial charge in [0.25, 0.3) is 0 Å². The highest BCUT2D eigenvalue weighted by atomic mass is 79.9. The fourth-order valence-corrected chi connectivity index (χ4v) is 3.97. The molecule has 1 unspecified atom stereocenters. The summed E-state index contributed by atoms with van der Waals surface area (Å²) >= 11 is 3.38. The SMILES string of the molecule is COc1ccc(OC)c2c1CN(Cn1c(=O)oc3cc(Br)ccc31)CC2O. The highest BCUT2D eigenvalue weighted by molar-refractivity contribution is 9.10. The van der Waals surface area contributed by atoms with Gasteiger partial charge in [0, 0.05) is 28.7 Å². The largest absolute Gasteiger partial charge is 0.496 e. The summed E-state index contributed by atoms with van der Waals surface area (Å²) in [7, 11) is 3.18. The number of aromatic nitrogens is 1. The average molecular weight is 435 g/mol.